The lowest BCUT2D eigenvalue weighted by atomic mass is 9.70. The Bertz CT molecular complexity index is 468. The Morgan fingerprint density at radius 2 is 2.30 bits per heavy atom. The number of aromatic nitrogens is 2. The molecular weight excluding hydrogens is 260 g/mol. The lowest BCUT2D eigenvalue weighted by Crippen LogP contribution is -2.50. The smallest absolute Gasteiger partial charge is 0.326 e. The number of aromatic amines is 1. The molecule has 0 saturated heterocycles. The molecule has 0 aliphatic heterocycles. The third-order valence-corrected chi connectivity index (χ3v) is 3.82. The number of carbonyl (C=O) groups excluding carboxylic acids is 1. The molecule has 1 aliphatic carbocycles. The molecule has 1 aliphatic rings. The van der Waals surface area contributed by atoms with Gasteiger partial charge in [0, 0.05) is 24.9 Å². The number of amides is 2. The summed E-state index contributed by atoms with van der Waals surface area (Å²) in [5, 5.41) is 14.4. The molecule has 0 bridgehead atoms. The minimum atomic E-state index is -1.07. The van der Waals surface area contributed by atoms with Crippen LogP contribution in [0.3, 0.4) is 0 Å². The SMILES string of the molecule is CC1(CNC(=O)NC(Cc2cnc[nH]2)C(=O)O)CCC1. The van der Waals surface area contributed by atoms with E-state index in [2.05, 4.69) is 27.5 Å². The number of carbonyl (C=O) groups is 2. The van der Waals surface area contributed by atoms with E-state index in [0.717, 1.165) is 12.8 Å². The number of nitrogens with one attached hydrogen (secondary N) is 3. The topological polar surface area (TPSA) is 107 Å². The minimum Gasteiger partial charge on any atom is -0.480 e. The Balaban J connectivity index is 1.81. The van der Waals surface area contributed by atoms with Gasteiger partial charge in [-0.05, 0) is 18.3 Å². The molecule has 1 aromatic rings. The summed E-state index contributed by atoms with van der Waals surface area (Å²) in [5.74, 6) is -1.07. The van der Waals surface area contributed by atoms with Gasteiger partial charge >= 0.3 is 12.0 Å². The number of carboxylic acids is 1. The zero-order chi connectivity index (χ0) is 14.6. The third-order valence-electron chi connectivity index (χ3n) is 3.82. The van der Waals surface area contributed by atoms with Gasteiger partial charge < -0.3 is 20.7 Å². The summed E-state index contributed by atoms with van der Waals surface area (Å²) in [6.45, 7) is 2.70. The van der Waals surface area contributed by atoms with Crippen molar-refractivity contribution < 1.29 is 14.7 Å². The summed E-state index contributed by atoms with van der Waals surface area (Å²) in [5.41, 5.74) is 0.836. The van der Waals surface area contributed by atoms with Crippen LogP contribution in [-0.2, 0) is 11.2 Å². The van der Waals surface area contributed by atoms with Crippen LogP contribution in [0.1, 0.15) is 31.9 Å². The van der Waals surface area contributed by atoms with Crippen LogP contribution in [0.5, 0.6) is 0 Å². The van der Waals surface area contributed by atoms with E-state index in [1.54, 1.807) is 6.20 Å². The van der Waals surface area contributed by atoms with Gasteiger partial charge in [0.1, 0.15) is 6.04 Å². The van der Waals surface area contributed by atoms with Gasteiger partial charge in [-0.1, -0.05) is 13.3 Å². The first-order chi connectivity index (χ1) is 9.48. The first-order valence-corrected chi connectivity index (χ1v) is 6.73. The molecule has 2 rings (SSSR count). The molecule has 1 atom stereocenters. The average Bonchev–Trinajstić information content (AvgIpc) is 2.86. The Morgan fingerprint density at radius 3 is 2.80 bits per heavy atom. The maximum absolute atomic E-state index is 11.8. The van der Waals surface area contributed by atoms with Crippen LogP contribution in [0, 0.1) is 5.41 Å². The van der Waals surface area contributed by atoms with E-state index >= 15 is 0 Å². The normalized spacial score (nSPS) is 17.9. The van der Waals surface area contributed by atoms with Crippen molar-refractivity contribution in [1.29, 1.82) is 0 Å². The number of hydrogen-bond donors (Lipinski definition) is 4. The highest BCUT2D eigenvalue weighted by molar-refractivity contribution is 5.82. The quantitative estimate of drug-likeness (QED) is 0.621. The molecule has 0 aromatic carbocycles. The number of carboxylic acid groups (broad SMARTS) is 1. The number of H-pyrrole nitrogens is 1. The molecular formula is C13H20N4O3. The number of imidazole rings is 1. The molecule has 7 heteroatoms. The predicted octanol–water partition coefficient (Wildman–Crippen LogP) is 0.895. The van der Waals surface area contributed by atoms with E-state index in [-0.39, 0.29) is 11.8 Å². The molecule has 1 unspecified atom stereocenters. The van der Waals surface area contributed by atoms with E-state index in [9.17, 15) is 9.59 Å². The predicted molar refractivity (Wildman–Crippen MR) is 72.2 cm³/mol. The van der Waals surface area contributed by atoms with Crippen LogP contribution in [0.4, 0.5) is 4.79 Å². The highest BCUT2D eigenvalue weighted by atomic mass is 16.4. The molecule has 1 fully saturated rings. The fourth-order valence-electron chi connectivity index (χ4n) is 2.28. The van der Waals surface area contributed by atoms with Crippen molar-refractivity contribution in [2.45, 2.75) is 38.6 Å². The summed E-state index contributed by atoms with van der Waals surface area (Å²) in [4.78, 5) is 29.6. The largest absolute Gasteiger partial charge is 0.480 e. The maximum atomic E-state index is 11.8. The minimum absolute atomic E-state index is 0.166. The van der Waals surface area contributed by atoms with Crippen molar-refractivity contribution in [2.75, 3.05) is 6.54 Å². The van der Waals surface area contributed by atoms with Crippen molar-refractivity contribution in [3.05, 3.63) is 18.2 Å². The van der Waals surface area contributed by atoms with Gasteiger partial charge in [-0.3, -0.25) is 0 Å². The Kier molecular flexibility index (Phi) is 4.26. The molecule has 2 amide bonds. The first kappa shape index (κ1) is 14.4. The van der Waals surface area contributed by atoms with Gasteiger partial charge in [-0.25, -0.2) is 14.6 Å². The van der Waals surface area contributed by atoms with Crippen molar-refractivity contribution in [3.63, 3.8) is 0 Å². The zero-order valence-corrected chi connectivity index (χ0v) is 11.5. The van der Waals surface area contributed by atoms with Crippen LogP contribution in [0.2, 0.25) is 0 Å². The summed E-state index contributed by atoms with van der Waals surface area (Å²) in [7, 11) is 0. The zero-order valence-electron chi connectivity index (χ0n) is 11.5. The fraction of sp³-hybridized carbons (Fsp3) is 0.615. The van der Waals surface area contributed by atoms with Gasteiger partial charge in [-0.15, -0.1) is 0 Å². The van der Waals surface area contributed by atoms with E-state index < -0.39 is 18.0 Å². The third kappa shape index (κ3) is 3.72. The Labute approximate surface area is 117 Å². The monoisotopic (exact) mass is 280 g/mol. The van der Waals surface area contributed by atoms with Crippen LogP contribution >= 0.6 is 0 Å². The van der Waals surface area contributed by atoms with Gasteiger partial charge in [0.05, 0.1) is 6.33 Å². The molecule has 1 heterocycles. The number of hydrogen-bond acceptors (Lipinski definition) is 3. The Hall–Kier alpha value is -2.05. The summed E-state index contributed by atoms with van der Waals surface area (Å²) >= 11 is 0. The first-order valence-electron chi connectivity index (χ1n) is 6.73. The molecule has 110 valence electrons. The summed E-state index contributed by atoms with van der Waals surface area (Å²) < 4.78 is 0. The van der Waals surface area contributed by atoms with Gasteiger partial charge in [0.15, 0.2) is 0 Å². The number of rotatable bonds is 6. The Morgan fingerprint density at radius 1 is 1.55 bits per heavy atom. The number of urea groups is 1. The highest BCUT2D eigenvalue weighted by Gasteiger charge is 2.32. The molecule has 1 saturated carbocycles. The van der Waals surface area contributed by atoms with Gasteiger partial charge in [0.25, 0.3) is 0 Å². The van der Waals surface area contributed by atoms with Crippen molar-refractivity contribution in [2.24, 2.45) is 5.41 Å². The molecule has 4 N–H and O–H groups in total. The van der Waals surface area contributed by atoms with E-state index in [1.165, 1.54) is 12.7 Å². The van der Waals surface area contributed by atoms with E-state index in [4.69, 9.17) is 5.11 Å². The molecule has 20 heavy (non-hydrogen) atoms. The van der Waals surface area contributed by atoms with Crippen molar-refractivity contribution in [3.8, 4) is 0 Å². The standard InChI is InChI=1S/C13H20N4O3/c1-13(3-2-4-13)7-15-12(20)17-10(11(18)19)5-9-6-14-8-16-9/h6,8,10H,2-5,7H2,1H3,(H,14,16)(H,18,19)(H2,15,17,20). The molecule has 1 aromatic heterocycles. The lowest BCUT2D eigenvalue weighted by Gasteiger charge is -2.38. The van der Waals surface area contributed by atoms with Gasteiger partial charge in [-0.2, -0.15) is 0 Å². The maximum Gasteiger partial charge on any atom is 0.326 e. The summed E-state index contributed by atoms with van der Waals surface area (Å²) in [6.07, 6.45) is 6.60. The second-order valence-electron chi connectivity index (χ2n) is 5.66. The van der Waals surface area contributed by atoms with Crippen LogP contribution < -0.4 is 10.6 Å². The second kappa shape index (κ2) is 5.94. The average molecular weight is 280 g/mol. The van der Waals surface area contributed by atoms with Crippen LogP contribution in [0.25, 0.3) is 0 Å². The summed E-state index contributed by atoms with van der Waals surface area (Å²) in [6, 6.07) is -1.41. The number of aliphatic carboxylic acids is 1. The van der Waals surface area contributed by atoms with Crippen LogP contribution in [0.15, 0.2) is 12.5 Å². The fourth-order valence-corrected chi connectivity index (χ4v) is 2.28. The molecule has 0 radical (unpaired) electrons. The van der Waals surface area contributed by atoms with Gasteiger partial charge in [0.2, 0.25) is 0 Å². The van der Waals surface area contributed by atoms with E-state index in [0.29, 0.717) is 12.2 Å². The van der Waals surface area contributed by atoms with E-state index in [1.807, 2.05) is 0 Å². The van der Waals surface area contributed by atoms with Crippen molar-refractivity contribution >= 4 is 12.0 Å². The molecule has 7 nitrogen and oxygen atoms in total. The van der Waals surface area contributed by atoms with Crippen molar-refractivity contribution in [1.82, 2.24) is 20.6 Å². The van der Waals surface area contributed by atoms with Crippen LogP contribution in [-0.4, -0.2) is 39.7 Å². The highest BCUT2D eigenvalue weighted by Crippen LogP contribution is 2.39. The number of nitrogens with zero attached hydrogens (tertiary/aromatic N) is 1. The lowest BCUT2D eigenvalue weighted by molar-refractivity contribution is -0.139. The second-order valence-corrected chi connectivity index (χ2v) is 5.66. The molecule has 0 spiro atoms.